The first kappa shape index (κ1) is 19.5. The van der Waals surface area contributed by atoms with Gasteiger partial charge in [-0.05, 0) is 44.5 Å². The molecule has 1 aromatic carbocycles. The molecule has 0 aliphatic rings. The van der Waals surface area contributed by atoms with Gasteiger partial charge in [-0.2, -0.15) is 0 Å². The average molecular weight is 360 g/mol. The van der Waals surface area contributed by atoms with Crippen LogP contribution in [0.5, 0.6) is 5.75 Å². The minimum Gasteiger partial charge on any atom is -0.497 e. The molecule has 1 heterocycles. The minimum atomic E-state index is -0.741. The summed E-state index contributed by atoms with van der Waals surface area (Å²) in [4.78, 5) is 25.0. The number of nitrogens with zero attached hydrogens (tertiary/aromatic N) is 2. The molecule has 2 aromatic rings. The number of aliphatic hydroxyl groups excluding tert-OH is 1. The van der Waals surface area contributed by atoms with Crippen LogP contribution < -0.4 is 10.4 Å². The summed E-state index contributed by atoms with van der Waals surface area (Å²) in [5, 5.41) is 9.02. The van der Waals surface area contributed by atoms with Crippen molar-refractivity contribution >= 4 is 12.2 Å². The van der Waals surface area contributed by atoms with Gasteiger partial charge >= 0.3 is 11.8 Å². The Morgan fingerprint density at radius 3 is 2.42 bits per heavy atom. The third-order valence-electron chi connectivity index (χ3n) is 3.49. The predicted molar refractivity (Wildman–Crippen MR) is 98.5 cm³/mol. The van der Waals surface area contributed by atoms with Crippen molar-refractivity contribution < 1.29 is 19.4 Å². The van der Waals surface area contributed by atoms with Crippen LogP contribution in [-0.2, 0) is 11.3 Å². The van der Waals surface area contributed by atoms with E-state index in [9.17, 15) is 9.59 Å². The maximum Gasteiger partial charge on any atom is 0.422 e. The molecule has 0 bridgehead atoms. The molecular formula is C19H24N2O5. The Labute approximate surface area is 152 Å². The van der Waals surface area contributed by atoms with Gasteiger partial charge in [0.05, 0.1) is 26.0 Å². The maximum atomic E-state index is 12.7. The van der Waals surface area contributed by atoms with E-state index in [2.05, 4.69) is 0 Å². The van der Waals surface area contributed by atoms with Crippen LogP contribution in [0, 0.1) is 0 Å². The molecule has 0 saturated heterocycles. The van der Waals surface area contributed by atoms with Gasteiger partial charge in [-0.1, -0.05) is 18.2 Å². The summed E-state index contributed by atoms with van der Waals surface area (Å²) < 4.78 is 12.8. The molecule has 0 spiro atoms. The zero-order valence-corrected chi connectivity index (χ0v) is 15.4. The Balaban J connectivity index is 2.40. The number of carbonyl (C=O) groups excluding carboxylic acids is 1. The van der Waals surface area contributed by atoms with Crippen molar-refractivity contribution in [1.29, 1.82) is 0 Å². The fourth-order valence-corrected chi connectivity index (χ4v) is 2.32. The first-order valence-corrected chi connectivity index (χ1v) is 8.21. The molecule has 1 N–H and O–H groups in total. The van der Waals surface area contributed by atoms with Crippen molar-refractivity contribution in [3.63, 3.8) is 0 Å². The predicted octanol–water partition coefficient (Wildman–Crippen LogP) is 2.50. The van der Waals surface area contributed by atoms with Crippen molar-refractivity contribution in [3.05, 3.63) is 58.3 Å². The SMILES string of the molecule is COc1ccc(Cn2c(/C=C/CO)cn(C(=O)OC(C)(C)C)c2=O)cc1. The van der Waals surface area contributed by atoms with Crippen LogP contribution in [0.1, 0.15) is 32.0 Å². The smallest absolute Gasteiger partial charge is 0.422 e. The van der Waals surface area contributed by atoms with Gasteiger partial charge in [-0.25, -0.2) is 14.2 Å². The number of hydrogen-bond donors (Lipinski definition) is 1. The molecule has 0 aliphatic carbocycles. The molecule has 0 amide bonds. The van der Waals surface area contributed by atoms with Gasteiger partial charge in [0, 0.05) is 6.20 Å². The van der Waals surface area contributed by atoms with Crippen molar-refractivity contribution in [2.45, 2.75) is 32.9 Å². The van der Waals surface area contributed by atoms with E-state index in [4.69, 9.17) is 14.6 Å². The second kappa shape index (κ2) is 8.05. The van der Waals surface area contributed by atoms with E-state index in [0.717, 1.165) is 10.1 Å². The third kappa shape index (κ3) is 4.86. The average Bonchev–Trinajstić information content (AvgIpc) is 2.88. The molecule has 26 heavy (non-hydrogen) atoms. The topological polar surface area (TPSA) is 82.7 Å². The lowest BCUT2D eigenvalue weighted by Gasteiger charge is -2.18. The second-order valence-electron chi connectivity index (χ2n) is 6.71. The normalized spacial score (nSPS) is 11.7. The number of carbonyl (C=O) groups is 1. The maximum absolute atomic E-state index is 12.7. The molecule has 1 aromatic heterocycles. The van der Waals surface area contributed by atoms with Crippen LogP contribution in [0.3, 0.4) is 0 Å². The summed E-state index contributed by atoms with van der Waals surface area (Å²) in [6, 6.07) is 7.29. The van der Waals surface area contributed by atoms with E-state index in [1.54, 1.807) is 46.1 Å². The van der Waals surface area contributed by atoms with Gasteiger partial charge in [0.1, 0.15) is 11.4 Å². The lowest BCUT2D eigenvalue weighted by atomic mass is 10.2. The zero-order chi connectivity index (χ0) is 19.3. The molecule has 0 saturated carbocycles. The zero-order valence-electron chi connectivity index (χ0n) is 15.4. The summed E-state index contributed by atoms with van der Waals surface area (Å²) in [6.45, 7) is 5.29. The highest BCUT2D eigenvalue weighted by Gasteiger charge is 2.21. The largest absolute Gasteiger partial charge is 0.497 e. The van der Waals surface area contributed by atoms with Crippen molar-refractivity contribution in [2.75, 3.05) is 13.7 Å². The van der Waals surface area contributed by atoms with Crippen molar-refractivity contribution in [1.82, 2.24) is 9.13 Å². The molecule has 7 heteroatoms. The molecule has 0 aliphatic heterocycles. The Morgan fingerprint density at radius 2 is 1.88 bits per heavy atom. The van der Waals surface area contributed by atoms with Gasteiger partial charge in [0.15, 0.2) is 0 Å². The number of rotatable bonds is 5. The van der Waals surface area contributed by atoms with Crippen LogP contribution >= 0.6 is 0 Å². The molecular weight excluding hydrogens is 336 g/mol. The first-order valence-electron chi connectivity index (χ1n) is 8.21. The minimum absolute atomic E-state index is 0.172. The monoisotopic (exact) mass is 360 g/mol. The van der Waals surface area contributed by atoms with Crippen LogP contribution in [0.2, 0.25) is 0 Å². The Morgan fingerprint density at radius 1 is 1.23 bits per heavy atom. The number of aliphatic hydroxyl groups is 1. The number of methoxy groups -OCH3 is 1. The van der Waals surface area contributed by atoms with Crippen molar-refractivity contribution in [2.24, 2.45) is 0 Å². The van der Waals surface area contributed by atoms with Crippen LogP contribution in [0.15, 0.2) is 41.3 Å². The highest BCUT2D eigenvalue weighted by Crippen LogP contribution is 2.14. The number of imidazole rings is 1. The summed E-state index contributed by atoms with van der Waals surface area (Å²) in [5.74, 6) is 0.716. The van der Waals surface area contributed by atoms with E-state index in [1.807, 2.05) is 12.1 Å². The summed E-state index contributed by atoms with van der Waals surface area (Å²) >= 11 is 0. The first-order chi connectivity index (χ1) is 12.2. The number of aromatic nitrogens is 2. The highest BCUT2D eigenvalue weighted by atomic mass is 16.6. The van der Waals surface area contributed by atoms with E-state index >= 15 is 0 Å². The Hall–Kier alpha value is -2.80. The van der Waals surface area contributed by atoms with Gasteiger partial charge in [0.2, 0.25) is 0 Å². The number of benzene rings is 1. The lowest BCUT2D eigenvalue weighted by molar-refractivity contribution is 0.0530. The Kier molecular flexibility index (Phi) is 6.05. The summed E-state index contributed by atoms with van der Waals surface area (Å²) in [7, 11) is 1.58. The molecule has 0 unspecified atom stereocenters. The van der Waals surface area contributed by atoms with Gasteiger partial charge < -0.3 is 14.6 Å². The highest BCUT2D eigenvalue weighted by molar-refractivity contribution is 5.71. The van der Waals surface area contributed by atoms with E-state index in [0.29, 0.717) is 11.4 Å². The fourth-order valence-electron chi connectivity index (χ4n) is 2.32. The third-order valence-corrected chi connectivity index (χ3v) is 3.49. The molecule has 0 atom stereocenters. The Bertz CT molecular complexity index is 838. The van der Waals surface area contributed by atoms with Crippen LogP contribution in [0.4, 0.5) is 4.79 Å². The van der Waals surface area contributed by atoms with E-state index in [1.165, 1.54) is 16.8 Å². The second-order valence-corrected chi connectivity index (χ2v) is 6.71. The number of ether oxygens (including phenoxy) is 2. The van der Waals surface area contributed by atoms with E-state index in [-0.39, 0.29) is 13.2 Å². The summed E-state index contributed by atoms with van der Waals surface area (Å²) in [5.41, 5.74) is 0.141. The molecule has 0 fully saturated rings. The summed E-state index contributed by atoms with van der Waals surface area (Å²) in [6.07, 6.45) is 3.76. The van der Waals surface area contributed by atoms with Gasteiger partial charge in [0.25, 0.3) is 0 Å². The van der Waals surface area contributed by atoms with Gasteiger partial charge in [-0.15, -0.1) is 0 Å². The molecule has 140 valence electrons. The van der Waals surface area contributed by atoms with Gasteiger partial charge in [-0.3, -0.25) is 4.57 Å². The molecule has 2 rings (SSSR count). The molecule has 0 radical (unpaired) electrons. The number of hydrogen-bond acceptors (Lipinski definition) is 5. The quantitative estimate of drug-likeness (QED) is 0.886. The van der Waals surface area contributed by atoms with Crippen LogP contribution in [0.25, 0.3) is 6.08 Å². The van der Waals surface area contributed by atoms with Crippen molar-refractivity contribution in [3.8, 4) is 5.75 Å². The fraction of sp³-hybridized carbons (Fsp3) is 0.368. The molecule has 7 nitrogen and oxygen atoms in total. The van der Waals surface area contributed by atoms with E-state index < -0.39 is 17.4 Å². The lowest BCUT2D eigenvalue weighted by Crippen LogP contribution is -2.34. The standard InChI is InChI=1S/C19H24N2O5/c1-19(2,3)26-18(24)21-13-15(6-5-11-22)20(17(21)23)12-14-7-9-16(25-4)10-8-14/h5-10,13,22H,11-12H2,1-4H3/b6-5+. The van der Waals surface area contributed by atoms with Crippen LogP contribution in [-0.4, -0.2) is 39.7 Å².